The van der Waals surface area contributed by atoms with Gasteiger partial charge in [-0.2, -0.15) is 0 Å². The highest BCUT2D eigenvalue weighted by molar-refractivity contribution is 5.02. The minimum Gasteiger partial charge on any atom is -0.329 e. The summed E-state index contributed by atoms with van der Waals surface area (Å²) in [7, 11) is 0. The van der Waals surface area contributed by atoms with Crippen LogP contribution in [0.5, 0.6) is 0 Å². The van der Waals surface area contributed by atoms with Crippen LogP contribution in [0.2, 0.25) is 0 Å². The van der Waals surface area contributed by atoms with Crippen molar-refractivity contribution in [2.24, 2.45) is 34.8 Å². The van der Waals surface area contributed by atoms with E-state index in [1.165, 1.54) is 51.5 Å². The summed E-state index contributed by atoms with van der Waals surface area (Å²) in [5, 5.41) is 3.99. The van der Waals surface area contributed by atoms with Gasteiger partial charge in [0, 0.05) is 12.1 Å². The Bertz CT molecular complexity index is 331. The zero-order valence-electron chi connectivity index (χ0n) is 13.8. The van der Waals surface area contributed by atoms with Gasteiger partial charge in [0.25, 0.3) is 0 Å². The summed E-state index contributed by atoms with van der Waals surface area (Å²) in [6, 6.07) is 0. The average Bonchev–Trinajstić information content (AvgIpc) is 3.26. The predicted molar refractivity (Wildman–Crippen MR) is 85.5 cm³/mol. The molecular formula is C18H34N2. The Hall–Kier alpha value is -0.0800. The van der Waals surface area contributed by atoms with Gasteiger partial charge >= 0.3 is 0 Å². The van der Waals surface area contributed by atoms with E-state index in [9.17, 15) is 0 Å². The third kappa shape index (κ3) is 3.06. The van der Waals surface area contributed by atoms with Crippen molar-refractivity contribution in [3.8, 4) is 0 Å². The quantitative estimate of drug-likeness (QED) is 0.779. The molecule has 0 aromatic carbocycles. The summed E-state index contributed by atoms with van der Waals surface area (Å²) in [6.45, 7) is 9.30. The van der Waals surface area contributed by atoms with Crippen molar-refractivity contribution < 1.29 is 0 Å². The molecule has 3 aliphatic rings. The van der Waals surface area contributed by atoms with Crippen LogP contribution in [0.3, 0.4) is 0 Å². The van der Waals surface area contributed by atoms with Crippen molar-refractivity contribution in [2.45, 2.75) is 71.3 Å². The molecule has 20 heavy (non-hydrogen) atoms. The SMILES string of the molecule is CC1CC(C)(C)CCC1(CN)NCC(C1CC1)C1CC1. The fourth-order valence-electron chi connectivity index (χ4n) is 4.66. The first-order valence-corrected chi connectivity index (χ1v) is 8.91. The van der Waals surface area contributed by atoms with E-state index in [0.29, 0.717) is 11.3 Å². The molecule has 3 aliphatic carbocycles. The molecule has 2 nitrogen and oxygen atoms in total. The fraction of sp³-hybridized carbons (Fsp3) is 1.00. The molecule has 3 N–H and O–H groups in total. The Labute approximate surface area is 125 Å². The van der Waals surface area contributed by atoms with Crippen LogP contribution >= 0.6 is 0 Å². The molecule has 0 aliphatic heterocycles. The first kappa shape index (κ1) is 14.8. The molecule has 0 amide bonds. The Kier molecular flexibility index (Phi) is 3.92. The van der Waals surface area contributed by atoms with Crippen LogP contribution in [0, 0.1) is 29.1 Å². The molecule has 0 bridgehead atoms. The van der Waals surface area contributed by atoms with Gasteiger partial charge in [-0.15, -0.1) is 0 Å². The molecule has 2 atom stereocenters. The van der Waals surface area contributed by atoms with Crippen molar-refractivity contribution in [1.29, 1.82) is 0 Å². The van der Waals surface area contributed by atoms with E-state index in [1.54, 1.807) is 0 Å². The second-order valence-corrected chi connectivity index (χ2v) is 8.85. The summed E-state index contributed by atoms with van der Waals surface area (Å²) < 4.78 is 0. The van der Waals surface area contributed by atoms with Crippen LogP contribution in [0.1, 0.15) is 65.7 Å². The van der Waals surface area contributed by atoms with Crippen LogP contribution in [-0.4, -0.2) is 18.6 Å². The highest BCUT2D eigenvalue weighted by Gasteiger charge is 2.45. The second kappa shape index (κ2) is 5.28. The molecule has 116 valence electrons. The third-order valence-corrected chi connectivity index (χ3v) is 6.56. The minimum absolute atomic E-state index is 0.220. The molecule has 0 aromatic heterocycles. The average molecular weight is 278 g/mol. The molecule has 3 saturated carbocycles. The van der Waals surface area contributed by atoms with Gasteiger partial charge < -0.3 is 11.1 Å². The van der Waals surface area contributed by atoms with E-state index in [-0.39, 0.29) is 5.54 Å². The van der Waals surface area contributed by atoms with Crippen LogP contribution in [-0.2, 0) is 0 Å². The second-order valence-electron chi connectivity index (χ2n) is 8.85. The van der Waals surface area contributed by atoms with Crippen molar-refractivity contribution in [2.75, 3.05) is 13.1 Å². The fourth-order valence-corrected chi connectivity index (χ4v) is 4.66. The van der Waals surface area contributed by atoms with Gasteiger partial charge in [-0.1, -0.05) is 20.8 Å². The highest BCUT2D eigenvalue weighted by atomic mass is 15.0. The Morgan fingerprint density at radius 1 is 1.10 bits per heavy atom. The summed E-state index contributed by atoms with van der Waals surface area (Å²) in [6.07, 6.45) is 9.84. The van der Waals surface area contributed by atoms with E-state index < -0.39 is 0 Å². The minimum atomic E-state index is 0.220. The zero-order valence-corrected chi connectivity index (χ0v) is 13.8. The Morgan fingerprint density at radius 3 is 2.15 bits per heavy atom. The number of nitrogens with one attached hydrogen (secondary N) is 1. The van der Waals surface area contributed by atoms with Crippen LogP contribution in [0.4, 0.5) is 0 Å². The number of hydrogen-bond donors (Lipinski definition) is 2. The summed E-state index contributed by atoms with van der Waals surface area (Å²) in [5.74, 6) is 3.75. The molecule has 2 unspecified atom stereocenters. The van der Waals surface area contributed by atoms with E-state index in [2.05, 4.69) is 26.1 Å². The molecule has 0 saturated heterocycles. The highest BCUT2D eigenvalue weighted by Crippen LogP contribution is 2.49. The van der Waals surface area contributed by atoms with E-state index in [4.69, 9.17) is 5.73 Å². The molecule has 0 spiro atoms. The molecule has 2 heteroatoms. The smallest absolute Gasteiger partial charge is 0.0330 e. The lowest BCUT2D eigenvalue weighted by Gasteiger charge is -2.49. The molecule has 0 heterocycles. The van der Waals surface area contributed by atoms with Crippen LogP contribution in [0.15, 0.2) is 0 Å². The molecular weight excluding hydrogens is 244 g/mol. The molecule has 3 fully saturated rings. The van der Waals surface area contributed by atoms with Crippen molar-refractivity contribution >= 4 is 0 Å². The van der Waals surface area contributed by atoms with Crippen molar-refractivity contribution in [3.63, 3.8) is 0 Å². The summed E-state index contributed by atoms with van der Waals surface area (Å²) in [5.41, 5.74) is 6.95. The van der Waals surface area contributed by atoms with Gasteiger partial charge in [0.05, 0.1) is 0 Å². The number of rotatable bonds is 6. The predicted octanol–water partition coefficient (Wildman–Crippen LogP) is 3.56. The topological polar surface area (TPSA) is 38.0 Å². The maximum Gasteiger partial charge on any atom is 0.0330 e. The maximum absolute atomic E-state index is 6.22. The van der Waals surface area contributed by atoms with Gasteiger partial charge in [-0.3, -0.25) is 0 Å². The normalized spacial score (nSPS) is 37.4. The van der Waals surface area contributed by atoms with Gasteiger partial charge in [-0.05, 0) is 80.6 Å². The largest absolute Gasteiger partial charge is 0.329 e. The van der Waals surface area contributed by atoms with E-state index >= 15 is 0 Å². The maximum atomic E-state index is 6.22. The van der Waals surface area contributed by atoms with Gasteiger partial charge in [0.2, 0.25) is 0 Å². The zero-order chi connectivity index (χ0) is 14.4. The lowest BCUT2D eigenvalue weighted by Crippen LogP contribution is -2.60. The summed E-state index contributed by atoms with van der Waals surface area (Å²) >= 11 is 0. The van der Waals surface area contributed by atoms with Crippen LogP contribution < -0.4 is 11.1 Å². The Morgan fingerprint density at radius 2 is 1.70 bits per heavy atom. The third-order valence-electron chi connectivity index (χ3n) is 6.56. The standard InChI is InChI=1S/C18H34N2/c1-13-10-17(2,3)8-9-18(13,12-19)20-11-16(14-4-5-14)15-6-7-15/h13-16,20H,4-12,19H2,1-3H3. The Balaban J connectivity index is 1.60. The molecule has 0 aromatic rings. The first-order valence-electron chi connectivity index (χ1n) is 8.91. The lowest BCUT2D eigenvalue weighted by molar-refractivity contribution is 0.0736. The van der Waals surface area contributed by atoms with E-state index in [0.717, 1.165) is 24.3 Å². The number of nitrogens with two attached hydrogens (primary N) is 1. The molecule has 0 radical (unpaired) electrons. The summed E-state index contributed by atoms with van der Waals surface area (Å²) in [4.78, 5) is 0. The van der Waals surface area contributed by atoms with Crippen LogP contribution in [0.25, 0.3) is 0 Å². The monoisotopic (exact) mass is 278 g/mol. The number of hydrogen-bond acceptors (Lipinski definition) is 2. The van der Waals surface area contributed by atoms with Crippen molar-refractivity contribution in [1.82, 2.24) is 5.32 Å². The van der Waals surface area contributed by atoms with Gasteiger partial charge in [0.15, 0.2) is 0 Å². The molecule has 3 rings (SSSR count). The van der Waals surface area contributed by atoms with Crippen molar-refractivity contribution in [3.05, 3.63) is 0 Å². The van der Waals surface area contributed by atoms with Gasteiger partial charge in [0.1, 0.15) is 0 Å². The first-order chi connectivity index (χ1) is 9.46. The lowest BCUT2D eigenvalue weighted by atomic mass is 9.63. The van der Waals surface area contributed by atoms with E-state index in [1.807, 2.05) is 0 Å². The van der Waals surface area contributed by atoms with Gasteiger partial charge in [-0.25, -0.2) is 0 Å².